The summed E-state index contributed by atoms with van der Waals surface area (Å²) < 4.78 is 35.7. The molecule has 0 aromatic heterocycles. The van der Waals surface area contributed by atoms with Crippen LogP contribution in [-0.2, 0) is 19.5 Å². The van der Waals surface area contributed by atoms with E-state index in [1.807, 2.05) is 6.92 Å². The van der Waals surface area contributed by atoms with E-state index in [9.17, 15) is 8.42 Å². The zero-order valence-corrected chi connectivity index (χ0v) is 12.4. The Balaban J connectivity index is 3.27. The van der Waals surface area contributed by atoms with Gasteiger partial charge in [0.1, 0.15) is 0 Å². The van der Waals surface area contributed by atoms with Crippen LogP contribution in [0.3, 0.4) is 0 Å². The number of ether oxygens (including phenoxy) is 2. The molecule has 0 unspecified atom stereocenters. The Hall–Kier alpha value is -0.210. The molecule has 0 rings (SSSR count). The molecule has 0 fully saturated rings. The van der Waals surface area contributed by atoms with Crippen molar-refractivity contribution in [1.29, 1.82) is 0 Å². The van der Waals surface area contributed by atoms with Gasteiger partial charge in [0.25, 0.3) is 0 Å². The van der Waals surface area contributed by atoms with Crippen LogP contribution < -0.4 is 10.0 Å². The van der Waals surface area contributed by atoms with Gasteiger partial charge >= 0.3 is 0 Å². The Kier molecular flexibility index (Phi) is 10.6. The van der Waals surface area contributed by atoms with Crippen molar-refractivity contribution in [1.82, 2.24) is 10.0 Å². The first kappa shape index (κ1) is 17.8. The van der Waals surface area contributed by atoms with Crippen LogP contribution >= 0.6 is 0 Å². The average Bonchev–Trinajstić information content (AvgIpc) is 2.31. The van der Waals surface area contributed by atoms with E-state index >= 15 is 0 Å². The highest BCUT2D eigenvalue weighted by Gasteiger charge is 2.13. The summed E-state index contributed by atoms with van der Waals surface area (Å²) in [5, 5.41) is 2.73. The Labute approximate surface area is 110 Å². The third-order valence-electron chi connectivity index (χ3n) is 2.22. The van der Waals surface area contributed by atoms with Crippen molar-refractivity contribution in [2.24, 2.45) is 0 Å². The van der Waals surface area contributed by atoms with Crippen LogP contribution in [0.25, 0.3) is 0 Å². The normalized spacial score (nSPS) is 12.2. The largest absolute Gasteiger partial charge is 0.378 e. The maximum atomic E-state index is 11.4. The molecular formula is C11H26N2O4S. The summed E-state index contributed by atoms with van der Waals surface area (Å²) >= 11 is 0. The lowest BCUT2D eigenvalue weighted by molar-refractivity contribution is 0.0512. The van der Waals surface area contributed by atoms with Gasteiger partial charge in [0.15, 0.2) is 0 Å². The van der Waals surface area contributed by atoms with Gasteiger partial charge < -0.3 is 14.8 Å². The van der Waals surface area contributed by atoms with E-state index in [1.54, 1.807) is 13.8 Å². The molecule has 110 valence electrons. The first-order valence-corrected chi connectivity index (χ1v) is 7.90. The van der Waals surface area contributed by atoms with E-state index in [2.05, 4.69) is 10.0 Å². The summed E-state index contributed by atoms with van der Waals surface area (Å²) in [4.78, 5) is 0. The molecule has 0 aliphatic rings. The molecule has 7 heteroatoms. The van der Waals surface area contributed by atoms with Gasteiger partial charge in [0.05, 0.1) is 31.7 Å². The smallest absolute Gasteiger partial charge is 0.214 e. The van der Waals surface area contributed by atoms with Crippen LogP contribution in [0, 0.1) is 0 Å². The minimum Gasteiger partial charge on any atom is -0.378 e. The molecule has 6 nitrogen and oxygen atoms in total. The van der Waals surface area contributed by atoms with Gasteiger partial charge in [0, 0.05) is 13.1 Å². The van der Waals surface area contributed by atoms with Crippen molar-refractivity contribution in [3.05, 3.63) is 0 Å². The van der Waals surface area contributed by atoms with E-state index in [0.717, 1.165) is 13.1 Å². The Morgan fingerprint density at radius 3 is 2.06 bits per heavy atom. The second-order valence-corrected chi connectivity index (χ2v) is 6.39. The quantitative estimate of drug-likeness (QED) is 0.491. The summed E-state index contributed by atoms with van der Waals surface area (Å²) in [5.74, 6) is 0. The number of rotatable bonds is 12. The van der Waals surface area contributed by atoms with Gasteiger partial charge in [-0.1, -0.05) is 6.92 Å². The van der Waals surface area contributed by atoms with Crippen LogP contribution in [0.4, 0.5) is 0 Å². The molecule has 0 aliphatic carbocycles. The van der Waals surface area contributed by atoms with Gasteiger partial charge in [-0.05, 0) is 20.4 Å². The van der Waals surface area contributed by atoms with E-state index in [1.165, 1.54) is 0 Å². The van der Waals surface area contributed by atoms with Crippen molar-refractivity contribution in [2.75, 3.05) is 46.1 Å². The maximum Gasteiger partial charge on any atom is 0.214 e. The molecule has 0 aromatic carbocycles. The highest BCUT2D eigenvalue weighted by molar-refractivity contribution is 7.90. The number of likely N-dealkylation sites (N-methyl/N-ethyl adjacent to an activating group) is 1. The molecule has 0 heterocycles. The molecule has 0 spiro atoms. The van der Waals surface area contributed by atoms with Gasteiger partial charge in [-0.15, -0.1) is 0 Å². The van der Waals surface area contributed by atoms with Gasteiger partial charge in [-0.2, -0.15) is 0 Å². The van der Waals surface area contributed by atoms with Crippen molar-refractivity contribution in [2.45, 2.75) is 26.0 Å². The molecule has 0 saturated heterocycles. The zero-order chi connectivity index (χ0) is 13.9. The molecule has 2 N–H and O–H groups in total. The molecule has 0 radical (unpaired) electrons. The van der Waals surface area contributed by atoms with Crippen molar-refractivity contribution >= 4 is 10.0 Å². The lowest BCUT2D eigenvalue weighted by Gasteiger charge is -2.10. The lowest BCUT2D eigenvalue weighted by Crippen LogP contribution is -2.33. The van der Waals surface area contributed by atoms with E-state index in [4.69, 9.17) is 9.47 Å². The number of sulfonamides is 1. The molecule has 0 aromatic rings. The molecular weight excluding hydrogens is 256 g/mol. The fraction of sp³-hybridized carbons (Fsp3) is 1.00. The van der Waals surface area contributed by atoms with Crippen molar-refractivity contribution in [3.63, 3.8) is 0 Å². The third-order valence-corrected chi connectivity index (χ3v) is 4.06. The number of nitrogens with one attached hydrogen (secondary N) is 2. The SMILES string of the molecule is CCNCCOCCOCCNS(=O)(=O)C(C)C. The minimum absolute atomic E-state index is 0.303. The summed E-state index contributed by atoms with van der Waals surface area (Å²) in [6.45, 7) is 9.44. The van der Waals surface area contributed by atoms with E-state index < -0.39 is 15.3 Å². The highest BCUT2D eigenvalue weighted by Crippen LogP contribution is 1.94. The molecule has 0 saturated carbocycles. The topological polar surface area (TPSA) is 76.7 Å². The first-order valence-electron chi connectivity index (χ1n) is 6.35. The van der Waals surface area contributed by atoms with E-state index in [-0.39, 0.29) is 0 Å². The fourth-order valence-corrected chi connectivity index (χ4v) is 1.77. The van der Waals surface area contributed by atoms with Crippen LogP contribution in [0.1, 0.15) is 20.8 Å². The number of hydrogen-bond acceptors (Lipinski definition) is 5. The molecule has 0 bridgehead atoms. The number of hydrogen-bond donors (Lipinski definition) is 2. The Morgan fingerprint density at radius 1 is 1.00 bits per heavy atom. The summed E-state index contributed by atoms with van der Waals surface area (Å²) in [6, 6.07) is 0. The predicted molar refractivity (Wildman–Crippen MR) is 72.2 cm³/mol. The maximum absolute atomic E-state index is 11.4. The van der Waals surface area contributed by atoms with Crippen LogP contribution in [0.15, 0.2) is 0 Å². The first-order chi connectivity index (χ1) is 8.50. The second-order valence-electron chi connectivity index (χ2n) is 4.07. The molecule has 0 atom stereocenters. The molecule has 0 aliphatic heterocycles. The fourth-order valence-electron chi connectivity index (χ4n) is 1.07. The Bertz CT molecular complexity index is 281. The van der Waals surface area contributed by atoms with Gasteiger partial charge in [-0.25, -0.2) is 13.1 Å². The average molecular weight is 282 g/mol. The molecule has 0 amide bonds. The minimum atomic E-state index is -3.18. The predicted octanol–water partition coefficient (Wildman–Crippen LogP) is -0.0431. The Morgan fingerprint density at radius 2 is 1.56 bits per heavy atom. The highest BCUT2D eigenvalue weighted by atomic mass is 32.2. The van der Waals surface area contributed by atoms with E-state index in [0.29, 0.717) is 33.0 Å². The second kappa shape index (κ2) is 10.7. The van der Waals surface area contributed by atoms with Crippen LogP contribution in [-0.4, -0.2) is 59.7 Å². The van der Waals surface area contributed by atoms with Gasteiger partial charge in [0.2, 0.25) is 10.0 Å². The lowest BCUT2D eigenvalue weighted by atomic mass is 10.6. The van der Waals surface area contributed by atoms with Crippen LogP contribution in [0.5, 0.6) is 0 Å². The van der Waals surface area contributed by atoms with Crippen LogP contribution in [0.2, 0.25) is 0 Å². The monoisotopic (exact) mass is 282 g/mol. The van der Waals surface area contributed by atoms with Crippen molar-refractivity contribution < 1.29 is 17.9 Å². The standard InChI is InChI=1S/C11H26N2O4S/c1-4-12-5-7-16-9-10-17-8-6-13-18(14,15)11(2)3/h11-13H,4-10H2,1-3H3. The third kappa shape index (κ3) is 9.78. The zero-order valence-electron chi connectivity index (χ0n) is 11.6. The summed E-state index contributed by atoms with van der Waals surface area (Å²) in [5.41, 5.74) is 0. The summed E-state index contributed by atoms with van der Waals surface area (Å²) in [6.07, 6.45) is 0. The van der Waals surface area contributed by atoms with Crippen molar-refractivity contribution in [3.8, 4) is 0 Å². The summed E-state index contributed by atoms with van der Waals surface area (Å²) in [7, 11) is -3.18. The van der Waals surface area contributed by atoms with Gasteiger partial charge in [-0.3, -0.25) is 0 Å². The molecule has 18 heavy (non-hydrogen) atoms.